The molecule has 2 N–H and O–H groups in total. The number of rotatable bonds is 6. The van der Waals surface area contributed by atoms with E-state index in [1.54, 1.807) is 44.3 Å². The molecule has 0 saturated carbocycles. The number of hydrogen-bond donors (Lipinski definition) is 2. The van der Waals surface area contributed by atoms with Gasteiger partial charge in [-0.2, -0.15) is 9.78 Å². The van der Waals surface area contributed by atoms with Gasteiger partial charge in [0.25, 0.3) is 11.9 Å². The Hall–Kier alpha value is -3.69. The number of aliphatic hydroxyl groups is 2. The van der Waals surface area contributed by atoms with E-state index >= 15 is 0 Å². The Balaban J connectivity index is 1.80. The van der Waals surface area contributed by atoms with E-state index in [0.717, 1.165) is 5.56 Å². The predicted molar refractivity (Wildman–Crippen MR) is 121 cm³/mol. The first-order chi connectivity index (χ1) is 15.8. The summed E-state index contributed by atoms with van der Waals surface area (Å²) >= 11 is 0. The summed E-state index contributed by atoms with van der Waals surface area (Å²) in [5.41, 5.74) is 3.20. The third-order valence-corrected chi connectivity index (χ3v) is 5.39. The van der Waals surface area contributed by atoms with Gasteiger partial charge in [-0.05, 0) is 38.1 Å². The largest absolute Gasteiger partial charge is 0.395 e. The molecule has 0 aliphatic carbocycles. The van der Waals surface area contributed by atoms with Crippen LogP contribution in [0.1, 0.15) is 34.6 Å². The average Bonchev–Trinajstić information content (AvgIpc) is 3.19. The second-order valence-electron chi connectivity index (χ2n) is 7.91. The first-order valence-corrected chi connectivity index (χ1v) is 10.5. The van der Waals surface area contributed by atoms with E-state index in [1.165, 1.54) is 28.0 Å². The minimum absolute atomic E-state index is 0.143. The third kappa shape index (κ3) is 4.33. The predicted octanol–water partition coefficient (Wildman–Crippen LogP) is 3.05. The fourth-order valence-electron chi connectivity index (χ4n) is 3.63. The molecule has 1 atom stereocenters. The number of nitrogens with zero attached hydrogens (tertiary/aromatic N) is 5. The average molecular weight is 449 g/mol. The van der Waals surface area contributed by atoms with Crippen molar-refractivity contribution in [1.82, 2.24) is 24.6 Å². The highest BCUT2D eigenvalue weighted by molar-refractivity contribution is 5.98. The van der Waals surface area contributed by atoms with Gasteiger partial charge in [-0.3, -0.25) is 4.79 Å². The molecule has 0 aliphatic rings. The normalized spacial score (nSPS) is 12.2. The van der Waals surface area contributed by atoms with Crippen molar-refractivity contribution in [3.8, 4) is 17.1 Å². The lowest BCUT2D eigenvalue weighted by atomic mass is 10.1. The molecular formula is C24H24FN5O3. The molecular weight excluding hydrogens is 425 g/mol. The van der Waals surface area contributed by atoms with Crippen molar-refractivity contribution >= 4 is 16.8 Å². The summed E-state index contributed by atoms with van der Waals surface area (Å²) in [6, 6.07) is 9.85. The standard InChI is InChI=1S/C24H24FN5O3/c1-14-4-7-20(25)19(10-14)17-12-26-24(27-13-17)30-21-11-16(23(33)29(3)8-9-31)5-6-18(21)22(28-30)15(2)32/h4-7,10-13,15,31-32H,8-9H2,1-3H3. The number of likely N-dealkylation sites (N-methyl/N-ethyl adjacent to an activating group) is 1. The van der Waals surface area contributed by atoms with Gasteiger partial charge in [0.15, 0.2) is 0 Å². The van der Waals surface area contributed by atoms with Crippen molar-refractivity contribution in [2.45, 2.75) is 20.0 Å². The zero-order valence-electron chi connectivity index (χ0n) is 18.5. The van der Waals surface area contributed by atoms with E-state index in [0.29, 0.717) is 33.3 Å². The van der Waals surface area contributed by atoms with Crippen LogP contribution in [-0.2, 0) is 0 Å². The minimum Gasteiger partial charge on any atom is -0.395 e. The maximum atomic E-state index is 14.3. The second-order valence-corrected chi connectivity index (χ2v) is 7.91. The number of halogens is 1. The molecule has 2 aromatic heterocycles. The second kappa shape index (κ2) is 9.05. The van der Waals surface area contributed by atoms with Crippen LogP contribution in [0.3, 0.4) is 0 Å². The van der Waals surface area contributed by atoms with Gasteiger partial charge in [0.05, 0.1) is 23.9 Å². The van der Waals surface area contributed by atoms with Crippen LogP contribution in [0.5, 0.6) is 0 Å². The number of carbonyl (C=O) groups excluding carboxylic acids is 1. The van der Waals surface area contributed by atoms with Crippen LogP contribution < -0.4 is 0 Å². The highest BCUT2D eigenvalue weighted by atomic mass is 19.1. The topological polar surface area (TPSA) is 104 Å². The highest BCUT2D eigenvalue weighted by Gasteiger charge is 2.20. The van der Waals surface area contributed by atoms with E-state index in [2.05, 4.69) is 15.1 Å². The van der Waals surface area contributed by atoms with Gasteiger partial charge < -0.3 is 15.1 Å². The molecule has 8 nitrogen and oxygen atoms in total. The molecule has 0 aliphatic heterocycles. The lowest BCUT2D eigenvalue weighted by Gasteiger charge is -2.15. The van der Waals surface area contributed by atoms with Crippen LogP contribution >= 0.6 is 0 Å². The van der Waals surface area contributed by atoms with Crippen LogP contribution in [0.4, 0.5) is 4.39 Å². The molecule has 9 heteroatoms. The Morgan fingerprint density at radius 1 is 1.18 bits per heavy atom. The van der Waals surface area contributed by atoms with E-state index in [4.69, 9.17) is 5.11 Å². The van der Waals surface area contributed by atoms with Gasteiger partial charge in [0.2, 0.25) is 0 Å². The van der Waals surface area contributed by atoms with Gasteiger partial charge in [0, 0.05) is 48.1 Å². The first-order valence-electron chi connectivity index (χ1n) is 10.5. The van der Waals surface area contributed by atoms with E-state index < -0.39 is 6.10 Å². The molecule has 2 aromatic carbocycles. The summed E-state index contributed by atoms with van der Waals surface area (Å²) in [4.78, 5) is 22.9. The minimum atomic E-state index is -0.854. The van der Waals surface area contributed by atoms with Crippen LogP contribution in [0, 0.1) is 12.7 Å². The molecule has 1 amide bonds. The summed E-state index contributed by atoms with van der Waals surface area (Å²) in [6.07, 6.45) is 2.17. The molecule has 4 rings (SSSR count). The van der Waals surface area contributed by atoms with Crippen LogP contribution in [0.15, 0.2) is 48.8 Å². The van der Waals surface area contributed by atoms with E-state index in [9.17, 15) is 14.3 Å². The molecule has 2 heterocycles. The van der Waals surface area contributed by atoms with Gasteiger partial charge in [-0.1, -0.05) is 17.7 Å². The number of aromatic nitrogens is 4. The fourth-order valence-corrected chi connectivity index (χ4v) is 3.63. The number of hydrogen-bond acceptors (Lipinski definition) is 6. The van der Waals surface area contributed by atoms with Crippen LogP contribution in [-0.4, -0.2) is 61.0 Å². The number of benzene rings is 2. The Morgan fingerprint density at radius 2 is 1.91 bits per heavy atom. The molecule has 0 fully saturated rings. The molecule has 0 saturated heterocycles. The summed E-state index contributed by atoms with van der Waals surface area (Å²) in [5, 5.41) is 24.5. The Labute approximate surface area is 190 Å². The Kier molecular flexibility index (Phi) is 6.17. The van der Waals surface area contributed by atoms with E-state index in [1.807, 2.05) is 6.92 Å². The Bertz CT molecular complexity index is 1320. The van der Waals surface area contributed by atoms with Gasteiger partial charge >= 0.3 is 0 Å². The quantitative estimate of drug-likeness (QED) is 0.469. The van der Waals surface area contributed by atoms with Crippen LogP contribution in [0.25, 0.3) is 28.0 Å². The number of fused-ring (bicyclic) bond motifs is 1. The SMILES string of the molecule is Cc1ccc(F)c(-c2cnc(-n3nc(C(C)O)c4ccc(C(=O)N(C)CCO)cc43)nc2)c1. The van der Waals surface area contributed by atoms with Crippen LogP contribution in [0.2, 0.25) is 0 Å². The molecule has 170 valence electrons. The molecule has 4 aromatic rings. The van der Waals surface area contributed by atoms with Crippen molar-refractivity contribution < 1.29 is 19.4 Å². The summed E-state index contributed by atoms with van der Waals surface area (Å²) in [5.74, 6) is -0.409. The number of carbonyl (C=O) groups is 1. The zero-order valence-corrected chi connectivity index (χ0v) is 18.5. The zero-order chi connectivity index (χ0) is 23.7. The van der Waals surface area contributed by atoms with Crippen molar-refractivity contribution in [2.75, 3.05) is 20.2 Å². The van der Waals surface area contributed by atoms with Crippen molar-refractivity contribution in [3.05, 3.63) is 71.4 Å². The fraction of sp³-hybridized carbons (Fsp3) is 0.250. The van der Waals surface area contributed by atoms with Crippen molar-refractivity contribution in [3.63, 3.8) is 0 Å². The summed E-state index contributed by atoms with van der Waals surface area (Å²) in [6.45, 7) is 3.54. The lowest BCUT2D eigenvalue weighted by molar-refractivity contribution is 0.0767. The monoisotopic (exact) mass is 449 g/mol. The summed E-state index contributed by atoms with van der Waals surface area (Å²) in [7, 11) is 1.60. The smallest absolute Gasteiger partial charge is 0.253 e. The molecule has 1 unspecified atom stereocenters. The third-order valence-electron chi connectivity index (χ3n) is 5.39. The van der Waals surface area contributed by atoms with E-state index in [-0.39, 0.29) is 30.8 Å². The molecule has 33 heavy (non-hydrogen) atoms. The van der Waals surface area contributed by atoms with Crippen molar-refractivity contribution in [1.29, 1.82) is 0 Å². The lowest BCUT2D eigenvalue weighted by Crippen LogP contribution is -2.29. The van der Waals surface area contributed by atoms with Gasteiger partial charge in [-0.25, -0.2) is 14.4 Å². The molecule has 0 bridgehead atoms. The highest BCUT2D eigenvalue weighted by Crippen LogP contribution is 2.28. The van der Waals surface area contributed by atoms with Gasteiger partial charge in [0.1, 0.15) is 5.82 Å². The van der Waals surface area contributed by atoms with Gasteiger partial charge in [-0.15, -0.1) is 0 Å². The maximum Gasteiger partial charge on any atom is 0.253 e. The molecule has 0 spiro atoms. The molecule has 0 radical (unpaired) electrons. The number of amides is 1. The summed E-state index contributed by atoms with van der Waals surface area (Å²) < 4.78 is 15.7. The number of aryl methyl sites for hydroxylation is 1. The Morgan fingerprint density at radius 3 is 2.58 bits per heavy atom. The van der Waals surface area contributed by atoms with Crippen molar-refractivity contribution in [2.24, 2.45) is 0 Å². The number of aliphatic hydroxyl groups excluding tert-OH is 2. The maximum absolute atomic E-state index is 14.3. The first kappa shape index (κ1) is 22.5.